The molecule has 0 aliphatic rings. The maximum Gasteiger partial charge on any atom is 0.252 e. The van der Waals surface area contributed by atoms with Crippen molar-refractivity contribution in [3.8, 4) is 5.75 Å². The third-order valence-corrected chi connectivity index (χ3v) is 3.91. The third-order valence-electron chi connectivity index (χ3n) is 3.22. The zero-order chi connectivity index (χ0) is 16.8. The summed E-state index contributed by atoms with van der Waals surface area (Å²) in [5.74, 6) is 0.227. The minimum Gasteiger partial charge on any atom is -0.497 e. The summed E-state index contributed by atoms with van der Waals surface area (Å²) < 4.78 is 7.11. The molecule has 0 bridgehead atoms. The average Bonchev–Trinajstić information content (AvgIpc) is 2.55. The highest BCUT2D eigenvalue weighted by atomic mass is 79.9. The van der Waals surface area contributed by atoms with Gasteiger partial charge in [0, 0.05) is 23.3 Å². The third kappa shape index (κ3) is 4.67. The number of pyridine rings is 1. The van der Waals surface area contributed by atoms with Gasteiger partial charge in [-0.25, -0.2) is 0 Å². The summed E-state index contributed by atoms with van der Waals surface area (Å²) in [6, 6.07) is 9.81. The molecule has 1 amide bonds. The van der Waals surface area contributed by atoms with E-state index >= 15 is 0 Å². The molecule has 1 aromatic heterocycles. The molecule has 2 aromatic rings. The first-order valence-corrected chi connectivity index (χ1v) is 7.76. The van der Waals surface area contributed by atoms with E-state index in [1.807, 2.05) is 0 Å². The number of carbonyl (C=O) groups is 1. The first kappa shape index (κ1) is 17.2. The first-order chi connectivity index (χ1) is 11.0. The monoisotopic (exact) mass is 380 g/mol. The minimum atomic E-state index is -0.872. The van der Waals surface area contributed by atoms with Gasteiger partial charge in [-0.3, -0.25) is 9.59 Å². The molecular formula is C16H17BrN2O4. The fraction of sp³-hybridized carbons (Fsp3) is 0.250. The zero-order valence-electron chi connectivity index (χ0n) is 12.5. The number of hydrogen-bond acceptors (Lipinski definition) is 4. The lowest BCUT2D eigenvalue weighted by Gasteiger charge is -2.14. The van der Waals surface area contributed by atoms with E-state index in [9.17, 15) is 14.7 Å². The van der Waals surface area contributed by atoms with Gasteiger partial charge in [0.2, 0.25) is 0 Å². The number of halogens is 1. The van der Waals surface area contributed by atoms with E-state index < -0.39 is 6.10 Å². The van der Waals surface area contributed by atoms with Gasteiger partial charge in [-0.15, -0.1) is 0 Å². The number of rotatable bonds is 6. The Morgan fingerprint density at radius 2 is 2.17 bits per heavy atom. The lowest BCUT2D eigenvalue weighted by atomic mass is 10.2. The second kappa shape index (κ2) is 7.94. The summed E-state index contributed by atoms with van der Waals surface area (Å²) in [7, 11) is 1.52. The normalized spacial score (nSPS) is 11.8. The second-order valence-corrected chi connectivity index (χ2v) is 5.76. The van der Waals surface area contributed by atoms with Gasteiger partial charge in [0.1, 0.15) is 5.75 Å². The van der Waals surface area contributed by atoms with Gasteiger partial charge < -0.3 is 19.7 Å². The lowest BCUT2D eigenvalue weighted by molar-refractivity contribution is 0.0902. The van der Waals surface area contributed by atoms with E-state index in [1.54, 1.807) is 36.5 Å². The van der Waals surface area contributed by atoms with Gasteiger partial charge in [-0.2, -0.15) is 0 Å². The molecule has 7 heteroatoms. The van der Waals surface area contributed by atoms with Crippen LogP contribution < -0.4 is 15.6 Å². The van der Waals surface area contributed by atoms with Crippen molar-refractivity contribution < 1.29 is 14.6 Å². The molecule has 2 N–H and O–H groups in total. The minimum absolute atomic E-state index is 0.0316. The van der Waals surface area contributed by atoms with Crippen molar-refractivity contribution in [3.05, 3.63) is 63.0 Å². The van der Waals surface area contributed by atoms with E-state index in [0.717, 1.165) is 0 Å². The summed E-state index contributed by atoms with van der Waals surface area (Å²) in [5.41, 5.74) is 0.210. The van der Waals surface area contributed by atoms with E-state index in [-0.39, 0.29) is 24.6 Å². The van der Waals surface area contributed by atoms with E-state index in [1.165, 1.54) is 17.7 Å². The van der Waals surface area contributed by atoms with Crippen molar-refractivity contribution >= 4 is 21.8 Å². The molecule has 1 heterocycles. The Morgan fingerprint density at radius 1 is 1.39 bits per heavy atom. The Bertz CT molecular complexity index is 745. The van der Waals surface area contributed by atoms with Crippen LogP contribution in [0.5, 0.6) is 5.75 Å². The van der Waals surface area contributed by atoms with Gasteiger partial charge in [0.15, 0.2) is 0 Å². The predicted molar refractivity (Wildman–Crippen MR) is 89.7 cm³/mol. The van der Waals surface area contributed by atoms with Gasteiger partial charge in [-0.05, 0) is 40.2 Å². The number of amides is 1. The molecule has 122 valence electrons. The molecule has 1 atom stereocenters. The van der Waals surface area contributed by atoms with E-state index in [4.69, 9.17) is 4.74 Å². The van der Waals surface area contributed by atoms with Crippen LogP contribution in [0.1, 0.15) is 10.4 Å². The largest absolute Gasteiger partial charge is 0.497 e. The maximum atomic E-state index is 12.2. The fourth-order valence-electron chi connectivity index (χ4n) is 2.01. The molecule has 0 aliphatic carbocycles. The highest BCUT2D eigenvalue weighted by Gasteiger charge is 2.13. The van der Waals surface area contributed by atoms with Crippen LogP contribution in [0.3, 0.4) is 0 Å². The highest BCUT2D eigenvalue weighted by Crippen LogP contribution is 2.22. The Balaban J connectivity index is 1.96. The molecule has 0 spiro atoms. The van der Waals surface area contributed by atoms with Crippen molar-refractivity contribution in [2.75, 3.05) is 13.7 Å². The van der Waals surface area contributed by atoms with Crippen LogP contribution in [-0.4, -0.2) is 35.3 Å². The Labute approximate surface area is 141 Å². The molecule has 0 fully saturated rings. The van der Waals surface area contributed by atoms with Crippen LogP contribution >= 0.6 is 15.9 Å². The summed E-state index contributed by atoms with van der Waals surface area (Å²) in [6.07, 6.45) is 0.717. The first-order valence-electron chi connectivity index (χ1n) is 6.96. The van der Waals surface area contributed by atoms with Crippen LogP contribution in [-0.2, 0) is 6.54 Å². The van der Waals surface area contributed by atoms with Gasteiger partial charge in [0.25, 0.3) is 11.5 Å². The summed E-state index contributed by atoms with van der Waals surface area (Å²) in [5, 5.41) is 12.6. The molecule has 6 nitrogen and oxygen atoms in total. The number of carbonyl (C=O) groups excluding carboxylic acids is 1. The van der Waals surface area contributed by atoms with Crippen LogP contribution in [0.25, 0.3) is 0 Å². The number of methoxy groups -OCH3 is 1. The number of hydrogen-bond donors (Lipinski definition) is 2. The SMILES string of the molecule is COc1ccc(Br)c(C(=O)NC[C@@H](O)Cn2ccccc2=O)c1. The van der Waals surface area contributed by atoms with Crippen molar-refractivity contribution in [2.45, 2.75) is 12.6 Å². The molecule has 0 aliphatic heterocycles. The number of ether oxygens (including phenoxy) is 1. The topological polar surface area (TPSA) is 80.6 Å². The maximum absolute atomic E-state index is 12.2. The molecule has 0 unspecified atom stereocenters. The van der Waals surface area contributed by atoms with Crippen LogP contribution in [0.15, 0.2) is 51.9 Å². The zero-order valence-corrected chi connectivity index (χ0v) is 14.1. The van der Waals surface area contributed by atoms with Crippen molar-refractivity contribution in [1.29, 1.82) is 0 Å². The number of benzene rings is 1. The Kier molecular flexibility index (Phi) is 5.95. The van der Waals surface area contributed by atoms with Crippen LogP contribution in [0.4, 0.5) is 0 Å². The molecule has 0 saturated heterocycles. The molecule has 1 aromatic carbocycles. The summed E-state index contributed by atoms with van der Waals surface area (Å²) in [4.78, 5) is 23.8. The highest BCUT2D eigenvalue weighted by molar-refractivity contribution is 9.10. The molecular weight excluding hydrogens is 364 g/mol. The van der Waals surface area contributed by atoms with Crippen molar-refractivity contribution in [1.82, 2.24) is 9.88 Å². The van der Waals surface area contributed by atoms with E-state index in [2.05, 4.69) is 21.2 Å². The fourth-order valence-corrected chi connectivity index (χ4v) is 2.44. The quantitative estimate of drug-likeness (QED) is 0.793. The van der Waals surface area contributed by atoms with Gasteiger partial charge >= 0.3 is 0 Å². The number of nitrogens with one attached hydrogen (secondary N) is 1. The summed E-state index contributed by atoms with van der Waals surface area (Å²) in [6.45, 7) is 0.142. The van der Waals surface area contributed by atoms with Crippen LogP contribution in [0, 0.1) is 0 Å². The number of aliphatic hydroxyl groups is 1. The predicted octanol–water partition coefficient (Wildman–Crippen LogP) is 1.41. The van der Waals surface area contributed by atoms with Gasteiger partial charge in [0.05, 0.1) is 25.3 Å². The van der Waals surface area contributed by atoms with Crippen molar-refractivity contribution in [2.24, 2.45) is 0 Å². The van der Waals surface area contributed by atoms with E-state index in [0.29, 0.717) is 15.8 Å². The average molecular weight is 381 g/mol. The number of nitrogens with zero attached hydrogens (tertiary/aromatic N) is 1. The second-order valence-electron chi connectivity index (χ2n) is 4.90. The van der Waals surface area contributed by atoms with Crippen molar-refractivity contribution in [3.63, 3.8) is 0 Å². The standard InChI is InChI=1S/C16H17BrN2O4/c1-23-12-5-6-14(17)13(8-12)16(22)18-9-11(20)10-19-7-3-2-4-15(19)21/h2-8,11,20H,9-10H2,1H3,(H,18,22)/t11-/m1/s1. The van der Waals surface area contributed by atoms with Crippen LogP contribution in [0.2, 0.25) is 0 Å². The Morgan fingerprint density at radius 3 is 2.87 bits per heavy atom. The smallest absolute Gasteiger partial charge is 0.252 e. The molecule has 0 saturated carbocycles. The molecule has 2 rings (SSSR count). The Hall–Kier alpha value is -2.12. The lowest BCUT2D eigenvalue weighted by Crippen LogP contribution is -2.36. The molecule has 23 heavy (non-hydrogen) atoms. The number of aliphatic hydroxyl groups excluding tert-OH is 1. The van der Waals surface area contributed by atoms with Gasteiger partial charge in [-0.1, -0.05) is 6.07 Å². The summed E-state index contributed by atoms with van der Waals surface area (Å²) >= 11 is 3.31. The molecule has 0 radical (unpaired) electrons. The number of aromatic nitrogens is 1.